The summed E-state index contributed by atoms with van der Waals surface area (Å²) in [6.07, 6.45) is 0. The van der Waals surface area contributed by atoms with Crippen LogP contribution in [0.4, 0.5) is 0 Å². The van der Waals surface area contributed by atoms with E-state index in [1.807, 2.05) is 31.2 Å². The summed E-state index contributed by atoms with van der Waals surface area (Å²) in [5.41, 5.74) is 4.58. The summed E-state index contributed by atoms with van der Waals surface area (Å²) in [6, 6.07) is 8.59. The van der Waals surface area contributed by atoms with E-state index in [2.05, 4.69) is 38.3 Å². The van der Waals surface area contributed by atoms with Gasteiger partial charge >= 0.3 is 0 Å². The predicted octanol–water partition coefficient (Wildman–Crippen LogP) is 2.85. The second-order valence-corrected chi connectivity index (χ2v) is 5.02. The number of rotatable bonds is 6. The summed E-state index contributed by atoms with van der Waals surface area (Å²) in [7, 11) is 3.99. The molecule has 1 N–H and O–H groups in total. The molecule has 0 saturated carbocycles. The van der Waals surface area contributed by atoms with E-state index in [1.54, 1.807) is 0 Å². The van der Waals surface area contributed by atoms with Crippen molar-refractivity contribution in [2.75, 3.05) is 20.7 Å². The zero-order valence-electron chi connectivity index (χ0n) is 11.5. The highest BCUT2D eigenvalue weighted by molar-refractivity contribution is 5.28. The summed E-state index contributed by atoms with van der Waals surface area (Å²) in [5.74, 6) is 1.50. The molecule has 0 heterocycles. The van der Waals surface area contributed by atoms with Crippen molar-refractivity contribution in [1.29, 1.82) is 0 Å². The second kappa shape index (κ2) is 6.62. The molecule has 0 saturated heterocycles. The number of nitrogens with one attached hydrogen (secondary N) is 1. The lowest BCUT2D eigenvalue weighted by molar-refractivity contribution is 0.251. The molecule has 3 nitrogen and oxygen atoms in total. The zero-order chi connectivity index (χ0) is 12.8. The van der Waals surface area contributed by atoms with E-state index >= 15 is 0 Å². The van der Waals surface area contributed by atoms with Crippen LogP contribution in [0.1, 0.15) is 32.4 Å². The maximum Gasteiger partial charge on any atom is 0.119 e. The van der Waals surface area contributed by atoms with Gasteiger partial charge < -0.3 is 4.74 Å². The van der Waals surface area contributed by atoms with E-state index in [1.165, 1.54) is 5.56 Å². The van der Waals surface area contributed by atoms with Crippen LogP contribution in [0.5, 0.6) is 5.75 Å². The van der Waals surface area contributed by atoms with Crippen molar-refractivity contribution < 1.29 is 4.74 Å². The minimum absolute atomic E-state index is 0.309. The minimum Gasteiger partial charge on any atom is -0.493 e. The number of hydrazine groups is 1. The Morgan fingerprint density at radius 1 is 1.12 bits per heavy atom. The maximum absolute atomic E-state index is 5.65. The topological polar surface area (TPSA) is 24.5 Å². The lowest BCUT2D eigenvalue weighted by Crippen LogP contribution is -2.32. The van der Waals surface area contributed by atoms with E-state index in [0.29, 0.717) is 12.0 Å². The fraction of sp³-hybridized carbons (Fsp3) is 0.571. The summed E-state index contributed by atoms with van der Waals surface area (Å²) < 4.78 is 5.65. The minimum atomic E-state index is 0.309. The molecule has 1 atom stereocenters. The molecule has 1 aromatic carbocycles. The molecule has 0 aliphatic carbocycles. The zero-order valence-corrected chi connectivity index (χ0v) is 11.5. The number of hydrogen-bond donors (Lipinski definition) is 1. The van der Waals surface area contributed by atoms with Gasteiger partial charge in [-0.2, -0.15) is 0 Å². The van der Waals surface area contributed by atoms with Crippen LogP contribution in [-0.4, -0.2) is 25.7 Å². The van der Waals surface area contributed by atoms with Gasteiger partial charge in [0.25, 0.3) is 0 Å². The molecular formula is C14H24N2O. The van der Waals surface area contributed by atoms with E-state index < -0.39 is 0 Å². The van der Waals surface area contributed by atoms with Gasteiger partial charge in [-0.05, 0) is 30.5 Å². The van der Waals surface area contributed by atoms with Crippen LogP contribution in [0.3, 0.4) is 0 Å². The first-order valence-corrected chi connectivity index (χ1v) is 6.15. The highest BCUT2D eigenvalue weighted by Crippen LogP contribution is 2.18. The van der Waals surface area contributed by atoms with Crippen molar-refractivity contribution in [2.24, 2.45) is 5.92 Å². The van der Waals surface area contributed by atoms with Crippen LogP contribution in [0.15, 0.2) is 24.3 Å². The molecule has 1 unspecified atom stereocenters. The predicted molar refractivity (Wildman–Crippen MR) is 72.0 cm³/mol. The Morgan fingerprint density at radius 3 is 2.18 bits per heavy atom. The van der Waals surface area contributed by atoms with Gasteiger partial charge in [-0.3, -0.25) is 5.01 Å². The highest BCUT2D eigenvalue weighted by Gasteiger charge is 2.05. The Hall–Kier alpha value is -1.06. The SMILES string of the molecule is CC(C)COc1ccc(C(C)NN(C)C)cc1. The Balaban J connectivity index is 2.55. The fourth-order valence-electron chi connectivity index (χ4n) is 1.58. The summed E-state index contributed by atoms with van der Waals surface area (Å²) in [4.78, 5) is 0. The Kier molecular flexibility index (Phi) is 5.45. The van der Waals surface area contributed by atoms with Gasteiger partial charge in [0.05, 0.1) is 6.61 Å². The third-order valence-corrected chi connectivity index (χ3v) is 2.42. The molecule has 0 amide bonds. The number of nitrogens with zero attached hydrogens (tertiary/aromatic N) is 1. The van der Waals surface area contributed by atoms with Crippen LogP contribution in [0.2, 0.25) is 0 Å². The first-order chi connectivity index (χ1) is 7.99. The van der Waals surface area contributed by atoms with E-state index in [9.17, 15) is 0 Å². The van der Waals surface area contributed by atoms with Gasteiger partial charge in [-0.15, -0.1) is 0 Å². The monoisotopic (exact) mass is 236 g/mol. The summed E-state index contributed by atoms with van der Waals surface area (Å²) in [6.45, 7) is 7.21. The molecule has 0 aliphatic rings. The fourth-order valence-corrected chi connectivity index (χ4v) is 1.58. The van der Waals surface area contributed by atoms with Crippen LogP contribution in [-0.2, 0) is 0 Å². The lowest BCUT2D eigenvalue weighted by atomic mass is 10.1. The van der Waals surface area contributed by atoms with Crippen molar-refractivity contribution in [1.82, 2.24) is 10.4 Å². The Morgan fingerprint density at radius 2 is 1.71 bits per heavy atom. The van der Waals surface area contributed by atoms with Gasteiger partial charge in [0.15, 0.2) is 0 Å². The molecule has 96 valence electrons. The standard InChI is InChI=1S/C14H24N2O/c1-11(2)10-17-14-8-6-13(7-9-14)12(3)15-16(4)5/h6-9,11-12,15H,10H2,1-5H3. The average molecular weight is 236 g/mol. The summed E-state index contributed by atoms with van der Waals surface area (Å²) in [5, 5.41) is 1.97. The largest absolute Gasteiger partial charge is 0.493 e. The molecule has 0 fully saturated rings. The molecule has 0 spiro atoms. The van der Waals surface area contributed by atoms with Crippen molar-refractivity contribution in [2.45, 2.75) is 26.8 Å². The van der Waals surface area contributed by atoms with Crippen LogP contribution < -0.4 is 10.2 Å². The summed E-state index contributed by atoms with van der Waals surface area (Å²) >= 11 is 0. The first kappa shape index (κ1) is 14.0. The van der Waals surface area contributed by atoms with Crippen molar-refractivity contribution >= 4 is 0 Å². The molecule has 1 aromatic rings. The molecule has 0 radical (unpaired) electrons. The van der Waals surface area contributed by atoms with E-state index in [0.717, 1.165) is 12.4 Å². The quantitative estimate of drug-likeness (QED) is 0.769. The second-order valence-electron chi connectivity index (χ2n) is 5.02. The van der Waals surface area contributed by atoms with E-state index in [4.69, 9.17) is 4.74 Å². The molecule has 0 bridgehead atoms. The number of benzene rings is 1. The number of hydrogen-bond acceptors (Lipinski definition) is 3. The van der Waals surface area contributed by atoms with Gasteiger partial charge in [-0.25, -0.2) is 5.43 Å². The first-order valence-electron chi connectivity index (χ1n) is 6.15. The van der Waals surface area contributed by atoms with Gasteiger partial charge in [0.2, 0.25) is 0 Å². The van der Waals surface area contributed by atoms with Gasteiger partial charge in [0, 0.05) is 20.1 Å². The van der Waals surface area contributed by atoms with E-state index in [-0.39, 0.29) is 0 Å². The van der Waals surface area contributed by atoms with Crippen LogP contribution in [0, 0.1) is 5.92 Å². The maximum atomic E-state index is 5.65. The molecule has 0 aliphatic heterocycles. The van der Waals surface area contributed by atoms with Gasteiger partial charge in [-0.1, -0.05) is 26.0 Å². The van der Waals surface area contributed by atoms with Gasteiger partial charge in [0.1, 0.15) is 5.75 Å². The highest BCUT2D eigenvalue weighted by atomic mass is 16.5. The average Bonchev–Trinajstić information content (AvgIpc) is 2.26. The normalized spacial score (nSPS) is 13.1. The third kappa shape index (κ3) is 5.20. The molecule has 17 heavy (non-hydrogen) atoms. The Labute approximate surface area is 105 Å². The van der Waals surface area contributed by atoms with Crippen molar-refractivity contribution in [3.8, 4) is 5.75 Å². The number of ether oxygens (including phenoxy) is 1. The van der Waals surface area contributed by atoms with Crippen molar-refractivity contribution in [3.05, 3.63) is 29.8 Å². The molecule has 0 aromatic heterocycles. The Bertz CT molecular complexity index is 319. The smallest absolute Gasteiger partial charge is 0.119 e. The third-order valence-electron chi connectivity index (χ3n) is 2.42. The van der Waals surface area contributed by atoms with Crippen LogP contribution in [0.25, 0.3) is 0 Å². The molecule has 3 heteroatoms. The molecule has 1 rings (SSSR count). The lowest BCUT2D eigenvalue weighted by Gasteiger charge is -2.19. The molecular weight excluding hydrogens is 212 g/mol. The van der Waals surface area contributed by atoms with Crippen LogP contribution >= 0.6 is 0 Å². The van der Waals surface area contributed by atoms with Crippen molar-refractivity contribution in [3.63, 3.8) is 0 Å².